The van der Waals surface area contributed by atoms with Gasteiger partial charge in [-0.3, -0.25) is 19.2 Å². The Morgan fingerprint density at radius 1 is 1.07 bits per heavy atom. The zero-order valence-electron chi connectivity index (χ0n) is 24.5. The Balaban J connectivity index is 1.57. The first kappa shape index (κ1) is 30.0. The van der Waals surface area contributed by atoms with Gasteiger partial charge < -0.3 is 29.7 Å². The number of aliphatic hydroxyl groups excluding tert-OH is 1. The molecule has 4 aliphatic rings. The lowest BCUT2D eigenvalue weighted by Crippen LogP contribution is -2.59. The van der Waals surface area contributed by atoms with E-state index in [1.54, 1.807) is 24.0 Å². The van der Waals surface area contributed by atoms with Crippen LogP contribution in [-0.2, 0) is 28.7 Å². The van der Waals surface area contributed by atoms with Gasteiger partial charge in [-0.05, 0) is 32.3 Å². The number of nitrogens with one attached hydrogen (secondary N) is 1. The minimum atomic E-state index is -1.36. The molecule has 2 saturated heterocycles. The van der Waals surface area contributed by atoms with Gasteiger partial charge in [0.05, 0.1) is 31.2 Å². The van der Waals surface area contributed by atoms with Crippen LogP contribution in [0.5, 0.6) is 0 Å². The van der Waals surface area contributed by atoms with Crippen LogP contribution in [0.4, 0.5) is 0 Å². The van der Waals surface area contributed by atoms with E-state index in [1.807, 2.05) is 56.3 Å². The van der Waals surface area contributed by atoms with Gasteiger partial charge in [-0.15, -0.1) is 0 Å². The second-order valence-electron chi connectivity index (χ2n) is 11.8. The molecule has 10 nitrogen and oxygen atoms in total. The molecule has 4 heterocycles. The molecule has 226 valence electrons. The third kappa shape index (κ3) is 5.26. The zero-order chi connectivity index (χ0) is 30.0. The van der Waals surface area contributed by atoms with Crippen molar-refractivity contribution >= 4 is 23.7 Å². The van der Waals surface area contributed by atoms with Crippen LogP contribution >= 0.6 is 0 Å². The van der Waals surface area contributed by atoms with Gasteiger partial charge in [0.25, 0.3) is 0 Å². The van der Waals surface area contributed by atoms with Crippen LogP contribution in [0.3, 0.4) is 0 Å². The summed E-state index contributed by atoms with van der Waals surface area (Å²) in [5.41, 5.74) is -0.648. The fraction of sp³-hybridized carbons (Fsp3) is 0.562. The second-order valence-corrected chi connectivity index (χ2v) is 11.8. The molecule has 2 fully saturated rings. The molecule has 0 aliphatic carbocycles. The largest absolute Gasteiger partial charge is 0.455 e. The summed E-state index contributed by atoms with van der Waals surface area (Å²) < 4.78 is 12.5. The van der Waals surface area contributed by atoms with Gasteiger partial charge in [0.1, 0.15) is 23.7 Å². The van der Waals surface area contributed by atoms with E-state index in [9.17, 15) is 24.3 Å². The summed E-state index contributed by atoms with van der Waals surface area (Å²) in [6.45, 7) is 5.74. The number of likely N-dealkylation sites (tertiary alicyclic amines) is 1. The Bertz CT molecular complexity index is 1250. The van der Waals surface area contributed by atoms with E-state index in [4.69, 9.17) is 9.47 Å². The van der Waals surface area contributed by atoms with E-state index in [-0.39, 0.29) is 37.4 Å². The minimum absolute atomic E-state index is 0.0766. The smallest absolute Gasteiger partial charge is 0.313 e. The molecule has 0 saturated carbocycles. The lowest BCUT2D eigenvalue weighted by Gasteiger charge is -2.39. The van der Waals surface area contributed by atoms with E-state index in [0.717, 1.165) is 12.8 Å². The van der Waals surface area contributed by atoms with E-state index < -0.39 is 53.6 Å². The van der Waals surface area contributed by atoms with Crippen molar-refractivity contribution in [2.45, 2.75) is 82.4 Å². The highest BCUT2D eigenvalue weighted by molar-refractivity contribution is 5.99. The quantitative estimate of drug-likeness (QED) is 0.391. The fourth-order valence-corrected chi connectivity index (χ4v) is 6.87. The number of hydrogen-bond donors (Lipinski definition) is 2. The lowest BCUT2D eigenvalue weighted by molar-refractivity contribution is -0.160. The SMILES string of the molecule is CCCC(C)N1C/C=C\CCC(=O)NC[C@H](c2ccccc2)OC(=O)[C@@H]2[C@H]3C(=O)N([C@H](C)CO)[C@H](C1=O)[C@]31C=C[C@H]2O1. The van der Waals surface area contributed by atoms with E-state index >= 15 is 0 Å². The highest BCUT2D eigenvalue weighted by Crippen LogP contribution is 2.56. The molecule has 0 aromatic heterocycles. The van der Waals surface area contributed by atoms with Crippen LogP contribution in [0.25, 0.3) is 0 Å². The molecule has 5 rings (SSSR count). The van der Waals surface area contributed by atoms with Crippen molar-refractivity contribution in [3.8, 4) is 0 Å². The third-order valence-electron chi connectivity index (χ3n) is 9.00. The maximum atomic E-state index is 14.5. The summed E-state index contributed by atoms with van der Waals surface area (Å²) in [7, 11) is 0. The van der Waals surface area contributed by atoms with Crippen molar-refractivity contribution in [3.05, 3.63) is 60.2 Å². The number of aliphatic hydroxyl groups is 1. The Kier molecular flexibility index (Phi) is 8.84. The van der Waals surface area contributed by atoms with Crippen LogP contribution in [0.1, 0.15) is 58.1 Å². The predicted octanol–water partition coefficient (Wildman–Crippen LogP) is 2.29. The average Bonchev–Trinajstić information content (AvgIpc) is 3.63. The standard InChI is InChI=1S/C32H41N3O7/c1-4-11-20(2)34-17-10-6-9-14-25(37)33-18-24(22-12-7-5-8-13-22)41-31(40)26-23-15-16-32(42-23)27(26)29(38)35(21(3)19-36)28(32)30(34)39/h5-8,10,12-13,15-16,20-21,23-24,26-28,36H,4,9,11,14,17-19H2,1-3H3,(H,33,37)/b10-6-/t20?,21-,23-,24-,26+,27+,28-,32+/m1/s1. The lowest BCUT2D eigenvalue weighted by atomic mass is 9.74. The van der Waals surface area contributed by atoms with Gasteiger partial charge in [0, 0.05) is 19.0 Å². The first-order chi connectivity index (χ1) is 20.2. The predicted molar refractivity (Wildman–Crippen MR) is 154 cm³/mol. The van der Waals surface area contributed by atoms with Gasteiger partial charge >= 0.3 is 5.97 Å². The number of fused-ring (bicyclic) bond motifs is 2. The van der Waals surface area contributed by atoms with Crippen LogP contribution in [0, 0.1) is 11.8 Å². The topological polar surface area (TPSA) is 125 Å². The number of ether oxygens (including phenoxy) is 2. The Morgan fingerprint density at radius 2 is 1.83 bits per heavy atom. The molecule has 2 N–H and O–H groups in total. The first-order valence-corrected chi connectivity index (χ1v) is 15.0. The van der Waals surface area contributed by atoms with Crippen molar-refractivity contribution in [1.82, 2.24) is 15.1 Å². The number of rotatable bonds is 6. The molecule has 5 bridgehead atoms. The molecule has 8 atom stereocenters. The van der Waals surface area contributed by atoms with E-state index in [2.05, 4.69) is 5.32 Å². The highest BCUT2D eigenvalue weighted by atomic mass is 16.6. The van der Waals surface area contributed by atoms with Crippen LogP contribution in [-0.4, -0.2) is 88.1 Å². The van der Waals surface area contributed by atoms with Gasteiger partial charge in [-0.2, -0.15) is 0 Å². The number of carbonyl (C=O) groups excluding carboxylic acids is 4. The van der Waals surface area contributed by atoms with Crippen molar-refractivity contribution in [2.75, 3.05) is 19.7 Å². The monoisotopic (exact) mass is 579 g/mol. The molecular formula is C32H41N3O7. The van der Waals surface area contributed by atoms with Crippen molar-refractivity contribution < 1.29 is 33.8 Å². The molecule has 0 radical (unpaired) electrons. The number of hydrogen-bond acceptors (Lipinski definition) is 7. The maximum Gasteiger partial charge on any atom is 0.313 e. The molecule has 1 aromatic carbocycles. The maximum absolute atomic E-state index is 14.5. The molecule has 42 heavy (non-hydrogen) atoms. The summed E-state index contributed by atoms with van der Waals surface area (Å²) in [5.74, 6) is -3.47. The van der Waals surface area contributed by atoms with Gasteiger partial charge in [0.15, 0.2) is 0 Å². The average molecular weight is 580 g/mol. The van der Waals surface area contributed by atoms with Crippen molar-refractivity contribution in [3.63, 3.8) is 0 Å². The summed E-state index contributed by atoms with van der Waals surface area (Å²) in [6.07, 6.45) is 8.09. The number of esters is 1. The van der Waals surface area contributed by atoms with Gasteiger partial charge in [-0.25, -0.2) is 0 Å². The number of cyclic esters (lactones) is 1. The first-order valence-electron chi connectivity index (χ1n) is 15.0. The molecule has 3 amide bonds. The number of nitrogens with zero attached hydrogens (tertiary/aromatic N) is 2. The third-order valence-corrected chi connectivity index (χ3v) is 9.00. The zero-order valence-corrected chi connectivity index (χ0v) is 24.5. The number of amides is 3. The van der Waals surface area contributed by atoms with Crippen LogP contribution in [0.2, 0.25) is 0 Å². The molecule has 1 unspecified atom stereocenters. The molecule has 1 spiro atoms. The van der Waals surface area contributed by atoms with E-state index in [1.165, 1.54) is 4.90 Å². The summed E-state index contributed by atoms with van der Waals surface area (Å²) in [5, 5.41) is 13.0. The summed E-state index contributed by atoms with van der Waals surface area (Å²) in [6, 6.07) is 7.29. The summed E-state index contributed by atoms with van der Waals surface area (Å²) in [4.78, 5) is 58.4. The van der Waals surface area contributed by atoms with Crippen LogP contribution < -0.4 is 5.32 Å². The number of carbonyl (C=O) groups is 4. The van der Waals surface area contributed by atoms with E-state index in [0.29, 0.717) is 18.5 Å². The minimum Gasteiger partial charge on any atom is -0.455 e. The number of benzene rings is 1. The van der Waals surface area contributed by atoms with Crippen molar-refractivity contribution in [1.29, 1.82) is 0 Å². The Labute approximate surface area is 246 Å². The highest BCUT2D eigenvalue weighted by Gasteiger charge is 2.74. The number of allylic oxidation sites excluding steroid dienone is 1. The van der Waals surface area contributed by atoms with Gasteiger partial charge in [0.2, 0.25) is 17.7 Å². The molecule has 1 aromatic rings. The fourth-order valence-electron chi connectivity index (χ4n) is 6.87. The van der Waals surface area contributed by atoms with Crippen molar-refractivity contribution in [2.24, 2.45) is 11.8 Å². The second kappa shape index (κ2) is 12.4. The molecular weight excluding hydrogens is 538 g/mol. The summed E-state index contributed by atoms with van der Waals surface area (Å²) >= 11 is 0. The Hall–Kier alpha value is -3.50. The van der Waals surface area contributed by atoms with Gasteiger partial charge in [-0.1, -0.05) is 68.0 Å². The normalized spacial score (nSPS) is 33.8. The molecule has 4 aliphatic heterocycles. The molecule has 10 heteroatoms. The van der Waals surface area contributed by atoms with Crippen LogP contribution in [0.15, 0.2) is 54.6 Å². The Morgan fingerprint density at radius 3 is 2.55 bits per heavy atom.